The van der Waals surface area contributed by atoms with E-state index >= 15 is 0 Å². The van der Waals surface area contributed by atoms with E-state index in [-0.39, 0.29) is 36.5 Å². The number of halogens is 1. The van der Waals surface area contributed by atoms with E-state index in [9.17, 15) is 5.11 Å². The third-order valence-corrected chi connectivity index (χ3v) is 4.61. The number of guanidine groups is 1. The first-order chi connectivity index (χ1) is 13.2. The van der Waals surface area contributed by atoms with Gasteiger partial charge in [0.25, 0.3) is 0 Å². The molecule has 0 bridgehead atoms. The lowest BCUT2D eigenvalue weighted by atomic mass is 10.0. The van der Waals surface area contributed by atoms with Crippen molar-refractivity contribution >= 4 is 41.0 Å². The Morgan fingerprint density at radius 1 is 1.11 bits per heavy atom. The minimum atomic E-state index is 0. The molecule has 2 aromatic carbocycles. The lowest BCUT2D eigenvalue weighted by molar-refractivity contribution is 0.265. The van der Waals surface area contributed by atoms with E-state index in [4.69, 9.17) is 0 Å². The molecule has 1 aromatic heterocycles. The van der Waals surface area contributed by atoms with Gasteiger partial charge in [-0.3, -0.25) is 0 Å². The first-order valence-electron chi connectivity index (χ1n) is 9.31. The number of fused-ring (bicyclic) bond motifs is 1. The monoisotopic (exact) mass is 493 g/mol. The zero-order valence-corrected chi connectivity index (χ0v) is 18.6. The molecule has 1 heterocycles. The molecule has 7 heteroatoms. The van der Waals surface area contributed by atoms with Gasteiger partial charge in [0.05, 0.1) is 17.6 Å². The molecule has 0 amide bonds. The lowest BCUT2D eigenvalue weighted by Gasteiger charge is -2.18. The largest absolute Gasteiger partial charge is 0.396 e. The van der Waals surface area contributed by atoms with Crippen LogP contribution in [0.1, 0.15) is 24.2 Å². The Balaban J connectivity index is 0.00000280. The molecule has 0 saturated carbocycles. The van der Waals surface area contributed by atoms with E-state index < -0.39 is 0 Å². The van der Waals surface area contributed by atoms with Gasteiger partial charge in [0.2, 0.25) is 0 Å². The van der Waals surface area contributed by atoms with Crippen LogP contribution < -0.4 is 10.6 Å². The Hall–Kier alpha value is -2.13. The fourth-order valence-corrected chi connectivity index (χ4v) is 3.06. The van der Waals surface area contributed by atoms with Gasteiger partial charge >= 0.3 is 0 Å². The van der Waals surface area contributed by atoms with Crippen LogP contribution in [0, 0.1) is 0 Å². The maximum absolute atomic E-state index is 9.73. The number of benzene rings is 2. The Bertz CT molecular complexity index is 894. The SMILES string of the molecule is CCNC(=NCc1nc2ccccc2n1C)NCC(CO)c1ccccc1.I. The van der Waals surface area contributed by atoms with E-state index in [0.29, 0.717) is 13.1 Å². The predicted octanol–water partition coefficient (Wildman–Crippen LogP) is 3.02. The Morgan fingerprint density at radius 3 is 2.50 bits per heavy atom. The van der Waals surface area contributed by atoms with Crippen LogP contribution in [-0.2, 0) is 13.6 Å². The third kappa shape index (κ3) is 5.45. The van der Waals surface area contributed by atoms with Crippen molar-refractivity contribution in [1.29, 1.82) is 0 Å². The first-order valence-corrected chi connectivity index (χ1v) is 9.31. The number of aryl methyl sites for hydroxylation is 1. The molecule has 0 saturated heterocycles. The lowest BCUT2D eigenvalue weighted by Crippen LogP contribution is -2.40. The Morgan fingerprint density at radius 2 is 1.82 bits per heavy atom. The number of nitrogens with zero attached hydrogens (tertiary/aromatic N) is 3. The van der Waals surface area contributed by atoms with E-state index in [1.165, 1.54) is 0 Å². The number of aliphatic imine (C=N–C) groups is 1. The average Bonchev–Trinajstić information content (AvgIpc) is 3.03. The number of aromatic nitrogens is 2. The van der Waals surface area contributed by atoms with Gasteiger partial charge < -0.3 is 20.3 Å². The molecule has 0 aliphatic heterocycles. The third-order valence-electron chi connectivity index (χ3n) is 4.61. The van der Waals surface area contributed by atoms with E-state index in [2.05, 4.69) is 31.2 Å². The molecule has 0 radical (unpaired) electrons. The summed E-state index contributed by atoms with van der Waals surface area (Å²) >= 11 is 0. The molecular formula is C21H28IN5O. The maximum atomic E-state index is 9.73. The predicted molar refractivity (Wildman–Crippen MR) is 125 cm³/mol. The topological polar surface area (TPSA) is 74.5 Å². The number of hydrogen-bond acceptors (Lipinski definition) is 3. The second kappa shape index (κ2) is 11.0. The summed E-state index contributed by atoms with van der Waals surface area (Å²) < 4.78 is 2.07. The molecule has 3 rings (SSSR count). The summed E-state index contributed by atoms with van der Waals surface area (Å²) in [5.41, 5.74) is 3.19. The van der Waals surface area contributed by atoms with Gasteiger partial charge in [-0.2, -0.15) is 0 Å². The van der Waals surface area contributed by atoms with Crippen LogP contribution in [-0.4, -0.2) is 40.3 Å². The van der Waals surface area contributed by atoms with Crippen molar-refractivity contribution in [3.05, 3.63) is 66.0 Å². The van der Waals surface area contributed by atoms with E-state index in [1.807, 2.05) is 62.5 Å². The molecule has 1 atom stereocenters. The highest BCUT2D eigenvalue weighted by molar-refractivity contribution is 14.0. The van der Waals surface area contributed by atoms with Gasteiger partial charge in [0.1, 0.15) is 12.4 Å². The van der Waals surface area contributed by atoms with Gasteiger partial charge in [0.15, 0.2) is 5.96 Å². The summed E-state index contributed by atoms with van der Waals surface area (Å²) in [5, 5.41) is 16.3. The molecule has 0 aliphatic carbocycles. The summed E-state index contributed by atoms with van der Waals surface area (Å²) in [4.78, 5) is 9.33. The van der Waals surface area contributed by atoms with Crippen LogP contribution in [0.5, 0.6) is 0 Å². The molecule has 6 nitrogen and oxygen atoms in total. The molecule has 0 fully saturated rings. The maximum Gasteiger partial charge on any atom is 0.191 e. The standard InChI is InChI=1S/C21H27N5O.HI/c1-3-22-21(23-13-17(15-27)16-9-5-4-6-10-16)24-14-20-25-18-11-7-8-12-19(18)26(20)2;/h4-12,17,27H,3,13-15H2,1-2H3,(H2,22,23,24);1H. The minimum absolute atomic E-state index is 0. The number of aliphatic hydroxyl groups excluding tert-OH is 1. The van der Waals surface area contributed by atoms with Crippen LogP contribution in [0.3, 0.4) is 0 Å². The quantitative estimate of drug-likeness (QED) is 0.269. The summed E-state index contributed by atoms with van der Waals surface area (Å²) in [6, 6.07) is 18.1. The number of nitrogens with one attached hydrogen (secondary N) is 2. The van der Waals surface area contributed by atoms with Crippen LogP contribution >= 0.6 is 24.0 Å². The Labute approximate surface area is 183 Å². The molecule has 3 N–H and O–H groups in total. The second-order valence-electron chi connectivity index (χ2n) is 6.44. The number of aliphatic hydroxyl groups is 1. The van der Waals surface area contributed by atoms with Crippen molar-refractivity contribution in [2.45, 2.75) is 19.4 Å². The highest BCUT2D eigenvalue weighted by Gasteiger charge is 2.11. The fraction of sp³-hybridized carbons (Fsp3) is 0.333. The molecular weight excluding hydrogens is 465 g/mol. The smallest absolute Gasteiger partial charge is 0.191 e. The normalized spacial score (nSPS) is 12.5. The summed E-state index contributed by atoms with van der Waals surface area (Å²) in [6.07, 6.45) is 0. The van der Waals surface area contributed by atoms with Crippen molar-refractivity contribution < 1.29 is 5.11 Å². The van der Waals surface area contributed by atoms with Crippen LogP contribution in [0.4, 0.5) is 0 Å². The minimum Gasteiger partial charge on any atom is -0.396 e. The first kappa shape index (κ1) is 22.2. The highest BCUT2D eigenvalue weighted by Crippen LogP contribution is 2.15. The molecule has 3 aromatic rings. The van der Waals surface area contributed by atoms with Crippen LogP contribution in [0.2, 0.25) is 0 Å². The summed E-state index contributed by atoms with van der Waals surface area (Å²) in [7, 11) is 2.01. The van der Waals surface area contributed by atoms with Crippen molar-refractivity contribution in [3.8, 4) is 0 Å². The van der Waals surface area contributed by atoms with Crippen molar-refractivity contribution in [2.24, 2.45) is 12.0 Å². The van der Waals surface area contributed by atoms with Crippen LogP contribution in [0.15, 0.2) is 59.6 Å². The summed E-state index contributed by atoms with van der Waals surface area (Å²) in [6.45, 7) is 3.97. The van der Waals surface area contributed by atoms with Crippen molar-refractivity contribution in [1.82, 2.24) is 20.2 Å². The number of imidazole rings is 1. The average molecular weight is 493 g/mol. The number of hydrogen-bond donors (Lipinski definition) is 3. The zero-order valence-electron chi connectivity index (χ0n) is 16.3. The van der Waals surface area contributed by atoms with Gasteiger partial charge in [-0.1, -0.05) is 42.5 Å². The summed E-state index contributed by atoms with van der Waals surface area (Å²) in [5.74, 6) is 1.65. The molecule has 1 unspecified atom stereocenters. The molecule has 150 valence electrons. The second-order valence-corrected chi connectivity index (χ2v) is 6.44. The zero-order chi connectivity index (χ0) is 19.1. The van der Waals surface area contributed by atoms with Crippen molar-refractivity contribution in [2.75, 3.05) is 19.7 Å². The molecule has 28 heavy (non-hydrogen) atoms. The number of rotatable bonds is 7. The van der Waals surface area contributed by atoms with Gasteiger partial charge in [-0.25, -0.2) is 9.98 Å². The highest BCUT2D eigenvalue weighted by atomic mass is 127. The Kier molecular flexibility index (Phi) is 8.72. The van der Waals surface area contributed by atoms with Crippen LogP contribution in [0.25, 0.3) is 11.0 Å². The fourth-order valence-electron chi connectivity index (χ4n) is 3.06. The van der Waals surface area contributed by atoms with E-state index in [1.54, 1.807) is 0 Å². The van der Waals surface area contributed by atoms with E-state index in [0.717, 1.165) is 34.9 Å². The number of para-hydroxylation sites is 2. The van der Waals surface area contributed by atoms with Crippen molar-refractivity contribution in [3.63, 3.8) is 0 Å². The molecule has 0 spiro atoms. The van der Waals surface area contributed by atoms with Gasteiger partial charge in [-0.05, 0) is 24.6 Å². The van der Waals surface area contributed by atoms with Gasteiger partial charge in [0, 0.05) is 26.1 Å². The molecule has 0 aliphatic rings. The van der Waals surface area contributed by atoms with Gasteiger partial charge in [-0.15, -0.1) is 24.0 Å².